The molecule has 0 unspecified atom stereocenters. The minimum Gasteiger partial charge on any atom is 0 e. The van der Waals surface area contributed by atoms with E-state index < -0.39 is 0 Å². The first-order valence-electron chi connectivity index (χ1n) is 0. The van der Waals surface area contributed by atoms with Gasteiger partial charge in [-0.1, -0.05) is 0 Å². The Morgan fingerprint density at radius 3 is 0.286 bits per heavy atom. The summed E-state index contributed by atoms with van der Waals surface area (Å²) in [6, 6.07) is 0. The van der Waals surface area contributed by atoms with Gasteiger partial charge < -0.3 is 0 Å². The van der Waals surface area contributed by atoms with Crippen LogP contribution in [-0.2, 0) is 130 Å². The molecule has 0 fully saturated rings. The molecule has 0 rings (SSSR count). The van der Waals surface area contributed by atoms with Crippen molar-refractivity contribution in [3.8, 4) is 0 Å². The minimum absolute atomic E-state index is 0. The molecule has 0 saturated carbocycles. The van der Waals surface area contributed by atoms with Crippen molar-refractivity contribution in [1.82, 2.24) is 0 Å². The van der Waals surface area contributed by atoms with Gasteiger partial charge in [0.25, 0.3) is 0 Å². The molecule has 0 aromatic heterocycles. The van der Waals surface area contributed by atoms with Gasteiger partial charge in [-0.25, -0.2) is 0 Å². The molecule has 0 aromatic rings. The summed E-state index contributed by atoms with van der Waals surface area (Å²) in [4.78, 5) is 0. The Morgan fingerprint density at radius 2 is 0.286 bits per heavy atom. The normalized spacial score (nSPS) is 0. The third-order valence-electron chi connectivity index (χ3n) is 0. The van der Waals surface area contributed by atoms with Crippen LogP contribution in [0, 0.1) is 0 Å². The van der Waals surface area contributed by atoms with Crippen molar-refractivity contribution >= 4 is 17.4 Å². The van der Waals surface area contributed by atoms with Gasteiger partial charge in [-0.3, -0.25) is 0 Å². The van der Waals surface area contributed by atoms with Gasteiger partial charge in [0.15, 0.2) is 17.4 Å². The van der Waals surface area contributed by atoms with Gasteiger partial charge in [-0.2, -0.15) is 0 Å². The number of hydrogen-bond donors (Lipinski definition) is 0. The second-order valence-electron chi connectivity index (χ2n) is 0. The molecule has 0 radical (unpaired) electrons. The molecule has 0 heterocycles. The van der Waals surface area contributed by atoms with Gasteiger partial charge >= 0.3 is 0 Å². The monoisotopic (exact) mass is 318 g/mol. The van der Waals surface area contributed by atoms with Crippen LogP contribution in [0.5, 0.6) is 0 Å². The van der Waals surface area contributed by atoms with Crippen LogP contribution in [-0.4, -0.2) is 17.4 Å². The van der Waals surface area contributed by atoms with Gasteiger partial charge in [-0.15, -0.1) is 0 Å². The van der Waals surface area contributed by atoms with Gasteiger partial charge in [-0.05, 0) is 0 Å². The van der Waals surface area contributed by atoms with Gasteiger partial charge in [0.2, 0.25) is 0 Å². The summed E-state index contributed by atoms with van der Waals surface area (Å²) in [5.74, 6) is 0. The van der Waals surface area contributed by atoms with Crippen molar-refractivity contribution in [2.45, 2.75) is 0 Å². The molecule has 0 aromatic carbocycles. The zero-order valence-corrected chi connectivity index (χ0v) is 12.4. The first-order chi connectivity index (χ1) is 0. The largest absolute Gasteiger partial charge is 0.187 e. The van der Waals surface area contributed by atoms with E-state index in [0.717, 1.165) is 0 Å². The third kappa shape index (κ3) is 36.2. The molecule has 7 heteroatoms. The molecular formula is H3AlTi6. The summed E-state index contributed by atoms with van der Waals surface area (Å²) in [5, 5.41) is 0. The van der Waals surface area contributed by atoms with Crippen LogP contribution >= 0.6 is 0 Å². The summed E-state index contributed by atoms with van der Waals surface area (Å²) in [6.45, 7) is 0. The van der Waals surface area contributed by atoms with Crippen LogP contribution in [0.2, 0.25) is 0 Å². The number of rotatable bonds is 0. The van der Waals surface area contributed by atoms with E-state index >= 15 is 0 Å². The Morgan fingerprint density at radius 1 is 0.286 bits per heavy atom. The fourth-order valence-electron chi connectivity index (χ4n) is 0. The van der Waals surface area contributed by atoms with E-state index in [1.54, 1.807) is 0 Å². The van der Waals surface area contributed by atoms with Crippen LogP contribution in [0.25, 0.3) is 0 Å². The smallest absolute Gasteiger partial charge is 0 e. The molecule has 0 atom stereocenters. The minimum atomic E-state index is 0. The summed E-state index contributed by atoms with van der Waals surface area (Å²) in [6.07, 6.45) is 0. The van der Waals surface area contributed by atoms with Crippen molar-refractivity contribution in [3.05, 3.63) is 0 Å². The van der Waals surface area contributed by atoms with Crippen LogP contribution in [0.15, 0.2) is 0 Å². The molecule has 0 aliphatic carbocycles. The third-order valence-corrected chi connectivity index (χ3v) is 0. The molecule has 0 bridgehead atoms. The maximum Gasteiger partial charge on any atom is 0.187 e. The van der Waals surface area contributed by atoms with Crippen molar-refractivity contribution in [3.63, 3.8) is 0 Å². The van der Waals surface area contributed by atoms with Gasteiger partial charge in [0, 0.05) is 130 Å². The van der Waals surface area contributed by atoms with E-state index in [-0.39, 0.29) is 148 Å². The van der Waals surface area contributed by atoms with Crippen LogP contribution in [0.4, 0.5) is 0 Å². The van der Waals surface area contributed by atoms with E-state index in [9.17, 15) is 0 Å². The zero-order valence-electron chi connectivity index (χ0n) is 3.00. The summed E-state index contributed by atoms with van der Waals surface area (Å²) in [5.41, 5.74) is 0. The zero-order chi connectivity index (χ0) is 0. The Hall–Kier alpha value is 4.82. The second kappa shape index (κ2) is 44.9. The van der Waals surface area contributed by atoms with Gasteiger partial charge in [0.05, 0.1) is 0 Å². The van der Waals surface area contributed by atoms with Gasteiger partial charge in [0.1, 0.15) is 0 Å². The molecule has 0 aliphatic rings. The molecule has 30 valence electrons. The van der Waals surface area contributed by atoms with Crippen LogP contribution < -0.4 is 0 Å². The topological polar surface area (TPSA) is 0 Å². The Labute approximate surface area is 144 Å². The SMILES string of the molecule is [AlH3].[Ti].[Ti].[Ti].[Ti].[Ti].[Ti]. The Kier molecular flexibility index (Phi) is 382. The average molecular weight is 317 g/mol. The molecule has 0 saturated heterocycles. The first-order valence-corrected chi connectivity index (χ1v) is 0. The standard InChI is InChI=1S/Al.6Ti.3H. The maximum absolute atomic E-state index is 0. The molecule has 7 heavy (non-hydrogen) atoms. The second-order valence-corrected chi connectivity index (χ2v) is 0. The van der Waals surface area contributed by atoms with Crippen LogP contribution in [0.1, 0.15) is 0 Å². The van der Waals surface area contributed by atoms with Crippen molar-refractivity contribution in [1.29, 1.82) is 0 Å². The van der Waals surface area contributed by atoms with E-state index in [1.165, 1.54) is 0 Å². The predicted octanol–water partition coefficient (Wildman–Crippen LogP) is -1.20. The summed E-state index contributed by atoms with van der Waals surface area (Å²) >= 11 is 0. The van der Waals surface area contributed by atoms with E-state index in [2.05, 4.69) is 0 Å². The fraction of sp³-hybridized carbons (Fsp3) is 0. The maximum atomic E-state index is 0. The summed E-state index contributed by atoms with van der Waals surface area (Å²) < 4.78 is 0. The summed E-state index contributed by atoms with van der Waals surface area (Å²) in [7, 11) is 0. The number of hydrogen-bond acceptors (Lipinski definition) is 0. The van der Waals surface area contributed by atoms with E-state index in [1.807, 2.05) is 0 Å². The average Bonchev–Trinajstić information content (AvgIpc) is 0. The Bertz CT molecular complexity index is 4.14. The van der Waals surface area contributed by atoms with Crippen LogP contribution in [0.3, 0.4) is 0 Å². The fourth-order valence-corrected chi connectivity index (χ4v) is 0. The van der Waals surface area contributed by atoms with E-state index in [0.29, 0.717) is 0 Å². The molecule has 0 N–H and O–H groups in total. The van der Waals surface area contributed by atoms with Crippen molar-refractivity contribution in [2.24, 2.45) is 0 Å². The van der Waals surface area contributed by atoms with Crippen molar-refractivity contribution in [2.75, 3.05) is 0 Å². The molecule has 0 aliphatic heterocycles. The van der Waals surface area contributed by atoms with E-state index in [4.69, 9.17) is 0 Å². The quantitative estimate of drug-likeness (QED) is 0.493. The Balaban J connectivity index is 0. The molecule has 0 nitrogen and oxygen atoms in total. The molecule has 0 spiro atoms. The predicted molar refractivity (Wildman–Crippen MR) is 9.94 cm³/mol. The molecule has 0 amide bonds. The molecular weight excluding hydrogens is 314 g/mol. The first kappa shape index (κ1) is 59.6. The van der Waals surface area contributed by atoms with Crippen molar-refractivity contribution < 1.29 is 130 Å².